The van der Waals surface area contributed by atoms with E-state index in [1.165, 1.54) is 0 Å². The molecule has 0 radical (unpaired) electrons. The molecule has 4 N–H and O–H groups in total. The van der Waals surface area contributed by atoms with Crippen molar-refractivity contribution >= 4 is 11.7 Å². The third-order valence-electron chi connectivity index (χ3n) is 2.61. The second kappa shape index (κ2) is 6.85. The van der Waals surface area contributed by atoms with Crippen molar-refractivity contribution in [1.82, 2.24) is 4.98 Å². The number of hydrogen-bond donors (Lipinski definition) is 2. The number of nitrogens with zero attached hydrogens (tertiary/aromatic N) is 2. The summed E-state index contributed by atoms with van der Waals surface area (Å²) < 4.78 is 0. The predicted molar refractivity (Wildman–Crippen MR) is 68.9 cm³/mol. The van der Waals surface area contributed by atoms with Crippen molar-refractivity contribution in [3.05, 3.63) is 23.9 Å². The summed E-state index contributed by atoms with van der Waals surface area (Å²) in [7, 11) is 1.91. The lowest BCUT2D eigenvalue weighted by atomic mass is 10.2. The van der Waals surface area contributed by atoms with Crippen LogP contribution in [0.3, 0.4) is 0 Å². The molecule has 17 heavy (non-hydrogen) atoms. The summed E-state index contributed by atoms with van der Waals surface area (Å²) in [6, 6.07) is 3.41. The highest BCUT2D eigenvalue weighted by atomic mass is 16.1. The first-order chi connectivity index (χ1) is 8.16. The first-order valence-corrected chi connectivity index (χ1v) is 5.83. The van der Waals surface area contributed by atoms with Gasteiger partial charge in [0.05, 0.1) is 5.56 Å². The van der Waals surface area contributed by atoms with Crippen molar-refractivity contribution in [3.63, 3.8) is 0 Å². The SMILES string of the molecule is CN(CCCCCN)c1ncccc1C(N)=O. The van der Waals surface area contributed by atoms with Gasteiger partial charge in [-0.05, 0) is 31.5 Å². The standard InChI is InChI=1S/C12H20N4O/c1-16(9-4-2-3-7-13)12-10(11(14)17)6-5-8-15-12/h5-6,8H,2-4,7,9,13H2,1H3,(H2,14,17). The number of carbonyl (C=O) groups is 1. The molecule has 1 aromatic rings. The molecule has 0 bridgehead atoms. The zero-order valence-corrected chi connectivity index (χ0v) is 10.2. The van der Waals surface area contributed by atoms with Crippen LogP contribution in [0.5, 0.6) is 0 Å². The van der Waals surface area contributed by atoms with E-state index in [2.05, 4.69) is 4.98 Å². The van der Waals surface area contributed by atoms with E-state index < -0.39 is 5.91 Å². The Morgan fingerprint density at radius 3 is 2.82 bits per heavy atom. The second-order valence-electron chi connectivity index (χ2n) is 4.01. The van der Waals surface area contributed by atoms with Crippen LogP contribution in [0.2, 0.25) is 0 Å². The summed E-state index contributed by atoms with van der Waals surface area (Å²) in [6.07, 6.45) is 4.80. The Labute approximate surface area is 102 Å². The maximum atomic E-state index is 11.2. The molecule has 0 saturated carbocycles. The van der Waals surface area contributed by atoms with E-state index in [0.717, 1.165) is 32.4 Å². The van der Waals surface area contributed by atoms with E-state index in [1.54, 1.807) is 18.3 Å². The number of hydrogen-bond acceptors (Lipinski definition) is 4. The lowest BCUT2D eigenvalue weighted by Gasteiger charge is -2.19. The molecule has 0 spiro atoms. The first kappa shape index (κ1) is 13.4. The van der Waals surface area contributed by atoms with Gasteiger partial charge in [0.25, 0.3) is 5.91 Å². The quantitative estimate of drug-likeness (QED) is 0.684. The predicted octanol–water partition coefficient (Wildman–Crippen LogP) is 0.746. The van der Waals surface area contributed by atoms with Crippen LogP contribution in [0.25, 0.3) is 0 Å². The number of anilines is 1. The van der Waals surface area contributed by atoms with Crippen LogP contribution in [-0.2, 0) is 0 Å². The molecule has 1 rings (SSSR count). The Bertz CT molecular complexity index is 367. The van der Waals surface area contributed by atoms with E-state index in [4.69, 9.17) is 11.5 Å². The fourth-order valence-electron chi connectivity index (χ4n) is 1.67. The number of pyridine rings is 1. The second-order valence-corrected chi connectivity index (χ2v) is 4.01. The summed E-state index contributed by atoms with van der Waals surface area (Å²) in [6.45, 7) is 1.57. The van der Waals surface area contributed by atoms with Crippen molar-refractivity contribution in [2.45, 2.75) is 19.3 Å². The van der Waals surface area contributed by atoms with Gasteiger partial charge >= 0.3 is 0 Å². The zero-order valence-electron chi connectivity index (χ0n) is 10.2. The smallest absolute Gasteiger partial charge is 0.252 e. The van der Waals surface area contributed by atoms with Crippen LogP contribution < -0.4 is 16.4 Å². The third kappa shape index (κ3) is 4.03. The highest BCUT2D eigenvalue weighted by Gasteiger charge is 2.12. The Morgan fingerprint density at radius 1 is 1.41 bits per heavy atom. The Hall–Kier alpha value is -1.62. The molecule has 94 valence electrons. The molecule has 0 aliphatic heterocycles. The molecule has 0 fully saturated rings. The van der Waals surface area contributed by atoms with Crippen molar-refractivity contribution in [2.24, 2.45) is 11.5 Å². The van der Waals surface area contributed by atoms with Crippen LogP contribution in [0, 0.1) is 0 Å². The normalized spacial score (nSPS) is 10.2. The average molecular weight is 236 g/mol. The van der Waals surface area contributed by atoms with E-state index in [0.29, 0.717) is 11.4 Å². The van der Waals surface area contributed by atoms with Crippen molar-refractivity contribution in [3.8, 4) is 0 Å². The van der Waals surface area contributed by atoms with Gasteiger partial charge in [-0.1, -0.05) is 6.42 Å². The molecular weight excluding hydrogens is 216 g/mol. The largest absolute Gasteiger partial charge is 0.365 e. The monoisotopic (exact) mass is 236 g/mol. The Kier molecular flexibility index (Phi) is 5.42. The van der Waals surface area contributed by atoms with Crippen molar-refractivity contribution in [2.75, 3.05) is 25.0 Å². The third-order valence-corrected chi connectivity index (χ3v) is 2.61. The Balaban J connectivity index is 2.62. The van der Waals surface area contributed by atoms with Gasteiger partial charge in [0.2, 0.25) is 0 Å². The minimum Gasteiger partial charge on any atom is -0.365 e. The number of carbonyl (C=O) groups excluding carboxylic acids is 1. The van der Waals surface area contributed by atoms with E-state index >= 15 is 0 Å². The van der Waals surface area contributed by atoms with Gasteiger partial charge in [0.15, 0.2) is 0 Å². The summed E-state index contributed by atoms with van der Waals surface area (Å²) in [5, 5.41) is 0. The van der Waals surface area contributed by atoms with E-state index in [1.807, 2.05) is 11.9 Å². The number of aromatic nitrogens is 1. The van der Waals surface area contributed by atoms with Gasteiger partial charge in [-0.15, -0.1) is 0 Å². The van der Waals surface area contributed by atoms with Gasteiger partial charge < -0.3 is 16.4 Å². The van der Waals surface area contributed by atoms with E-state index in [-0.39, 0.29) is 0 Å². The lowest BCUT2D eigenvalue weighted by Crippen LogP contribution is -2.24. The zero-order chi connectivity index (χ0) is 12.7. The van der Waals surface area contributed by atoms with Gasteiger partial charge in [-0.25, -0.2) is 4.98 Å². The lowest BCUT2D eigenvalue weighted by molar-refractivity contribution is 0.100. The van der Waals surface area contributed by atoms with Gasteiger partial charge in [0, 0.05) is 19.8 Å². The summed E-state index contributed by atoms with van der Waals surface area (Å²) in [5.41, 5.74) is 11.2. The van der Waals surface area contributed by atoms with Crippen LogP contribution in [0.1, 0.15) is 29.6 Å². The number of amides is 1. The minimum absolute atomic E-state index is 0.443. The number of nitrogens with two attached hydrogens (primary N) is 2. The van der Waals surface area contributed by atoms with Crippen LogP contribution in [0.4, 0.5) is 5.82 Å². The van der Waals surface area contributed by atoms with E-state index in [9.17, 15) is 4.79 Å². The highest BCUT2D eigenvalue weighted by Crippen LogP contribution is 2.15. The Morgan fingerprint density at radius 2 is 2.18 bits per heavy atom. The van der Waals surface area contributed by atoms with Crippen LogP contribution in [0.15, 0.2) is 18.3 Å². The molecule has 1 heterocycles. The van der Waals surface area contributed by atoms with Crippen LogP contribution >= 0.6 is 0 Å². The summed E-state index contributed by atoms with van der Waals surface area (Å²) >= 11 is 0. The molecule has 1 amide bonds. The molecule has 5 heteroatoms. The molecule has 0 aliphatic carbocycles. The molecule has 0 aliphatic rings. The van der Waals surface area contributed by atoms with Gasteiger partial charge in [-0.3, -0.25) is 4.79 Å². The highest BCUT2D eigenvalue weighted by molar-refractivity contribution is 5.97. The summed E-state index contributed by atoms with van der Waals surface area (Å²) in [4.78, 5) is 17.4. The van der Waals surface area contributed by atoms with Gasteiger partial charge in [0.1, 0.15) is 5.82 Å². The number of rotatable bonds is 7. The topological polar surface area (TPSA) is 85.2 Å². The molecule has 0 aromatic carbocycles. The number of unbranched alkanes of at least 4 members (excludes halogenated alkanes) is 2. The van der Waals surface area contributed by atoms with Crippen molar-refractivity contribution in [1.29, 1.82) is 0 Å². The molecule has 0 atom stereocenters. The van der Waals surface area contributed by atoms with Crippen LogP contribution in [-0.4, -0.2) is 31.0 Å². The van der Waals surface area contributed by atoms with Crippen molar-refractivity contribution < 1.29 is 4.79 Å². The minimum atomic E-state index is -0.443. The molecule has 0 saturated heterocycles. The maximum absolute atomic E-state index is 11.2. The maximum Gasteiger partial charge on any atom is 0.252 e. The molecule has 1 aromatic heterocycles. The molecule has 0 unspecified atom stereocenters. The van der Waals surface area contributed by atoms with Gasteiger partial charge in [-0.2, -0.15) is 0 Å². The average Bonchev–Trinajstić information content (AvgIpc) is 2.34. The fraction of sp³-hybridized carbons (Fsp3) is 0.500. The number of primary amides is 1. The molecule has 5 nitrogen and oxygen atoms in total. The fourth-order valence-corrected chi connectivity index (χ4v) is 1.67. The first-order valence-electron chi connectivity index (χ1n) is 5.83. The molecular formula is C12H20N4O. The summed E-state index contributed by atoms with van der Waals surface area (Å²) in [5.74, 6) is 0.203.